The van der Waals surface area contributed by atoms with Crippen molar-refractivity contribution in [2.24, 2.45) is 5.92 Å². The maximum absolute atomic E-state index is 12.7. The predicted octanol–water partition coefficient (Wildman–Crippen LogP) is 3.90. The molecule has 0 unspecified atom stereocenters. The minimum Gasteiger partial charge on any atom is -0.377 e. The van der Waals surface area contributed by atoms with Gasteiger partial charge in [0, 0.05) is 24.3 Å². The molecule has 3 amide bonds. The number of rotatable bonds is 6. The first-order valence-corrected chi connectivity index (χ1v) is 10.1. The van der Waals surface area contributed by atoms with Crippen LogP contribution in [0.4, 0.5) is 10.5 Å². The molecule has 154 valence electrons. The molecular weight excluding hydrogens is 366 g/mol. The molecule has 1 saturated heterocycles. The molecule has 0 radical (unpaired) electrons. The molecule has 2 aromatic carbocycles. The van der Waals surface area contributed by atoms with Crippen molar-refractivity contribution in [1.29, 1.82) is 0 Å². The van der Waals surface area contributed by atoms with Crippen LogP contribution >= 0.6 is 0 Å². The Kier molecular flexibility index (Phi) is 7.25. The fourth-order valence-electron chi connectivity index (χ4n) is 3.44. The van der Waals surface area contributed by atoms with E-state index in [-0.39, 0.29) is 18.0 Å². The van der Waals surface area contributed by atoms with Crippen molar-refractivity contribution in [3.8, 4) is 0 Å². The summed E-state index contributed by atoms with van der Waals surface area (Å²) in [6, 6.07) is 16.7. The van der Waals surface area contributed by atoms with Crippen LogP contribution in [0.1, 0.15) is 36.2 Å². The summed E-state index contributed by atoms with van der Waals surface area (Å²) >= 11 is 0. The van der Waals surface area contributed by atoms with Gasteiger partial charge in [-0.05, 0) is 42.2 Å². The molecule has 6 heteroatoms. The van der Waals surface area contributed by atoms with Crippen molar-refractivity contribution < 1.29 is 14.3 Å². The fraction of sp³-hybridized carbons (Fsp3) is 0.391. The van der Waals surface area contributed by atoms with Gasteiger partial charge in [0.15, 0.2) is 0 Å². The van der Waals surface area contributed by atoms with Gasteiger partial charge < -0.3 is 20.3 Å². The molecular formula is C23H29N3O3. The highest BCUT2D eigenvalue weighted by Crippen LogP contribution is 2.18. The molecule has 0 aromatic heterocycles. The number of urea groups is 1. The molecule has 0 spiro atoms. The predicted molar refractivity (Wildman–Crippen MR) is 114 cm³/mol. The van der Waals surface area contributed by atoms with E-state index in [9.17, 15) is 9.59 Å². The molecule has 29 heavy (non-hydrogen) atoms. The largest absolute Gasteiger partial charge is 0.377 e. The fourth-order valence-corrected chi connectivity index (χ4v) is 3.44. The third-order valence-corrected chi connectivity index (χ3v) is 4.93. The Morgan fingerprint density at radius 1 is 1.10 bits per heavy atom. The number of morpholine rings is 1. The van der Waals surface area contributed by atoms with Gasteiger partial charge in [-0.1, -0.05) is 44.2 Å². The highest BCUT2D eigenvalue weighted by Gasteiger charge is 2.27. The number of hydrogen-bond acceptors (Lipinski definition) is 3. The Morgan fingerprint density at radius 3 is 2.52 bits per heavy atom. The summed E-state index contributed by atoms with van der Waals surface area (Å²) in [4.78, 5) is 26.9. The van der Waals surface area contributed by atoms with E-state index in [1.165, 1.54) is 0 Å². The molecule has 2 N–H and O–H groups in total. The maximum atomic E-state index is 12.7. The van der Waals surface area contributed by atoms with Gasteiger partial charge in [0.1, 0.15) is 0 Å². The molecule has 1 aliphatic heterocycles. The average Bonchev–Trinajstić information content (AvgIpc) is 2.73. The average molecular weight is 396 g/mol. The standard InChI is InChI=1S/C23H29N3O3/c1-17(2)14-21-16-29-13-12-26(21)23(28)25-20-10-8-19(9-11-20)22(27)24-15-18-6-4-3-5-7-18/h3-11,17,21H,12-16H2,1-2H3,(H,24,27)(H,25,28)/t21-/m0/s1. The number of benzene rings is 2. The zero-order valence-electron chi connectivity index (χ0n) is 17.1. The summed E-state index contributed by atoms with van der Waals surface area (Å²) in [6.07, 6.45) is 0.911. The Balaban J connectivity index is 1.55. The quantitative estimate of drug-likeness (QED) is 0.779. The van der Waals surface area contributed by atoms with Crippen LogP contribution in [0.3, 0.4) is 0 Å². The van der Waals surface area contributed by atoms with E-state index in [1.54, 1.807) is 24.3 Å². The molecule has 1 heterocycles. The van der Waals surface area contributed by atoms with Crippen LogP contribution in [0.15, 0.2) is 54.6 Å². The molecule has 1 atom stereocenters. The minimum atomic E-state index is -0.142. The van der Waals surface area contributed by atoms with E-state index in [0.29, 0.717) is 43.5 Å². The first kappa shape index (κ1) is 20.9. The van der Waals surface area contributed by atoms with Crippen LogP contribution in [-0.4, -0.2) is 42.6 Å². The number of hydrogen-bond donors (Lipinski definition) is 2. The molecule has 1 fully saturated rings. The van der Waals surface area contributed by atoms with Gasteiger partial charge >= 0.3 is 6.03 Å². The van der Waals surface area contributed by atoms with Gasteiger partial charge in [-0.2, -0.15) is 0 Å². The molecule has 3 rings (SSSR count). The van der Waals surface area contributed by atoms with Crippen molar-refractivity contribution in [1.82, 2.24) is 10.2 Å². The second-order valence-electron chi connectivity index (χ2n) is 7.73. The lowest BCUT2D eigenvalue weighted by molar-refractivity contribution is 0.00857. The van der Waals surface area contributed by atoms with E-state index in [4.69, 9.17) is 4.74 Å². The zero-order chi connectivity index (χ0) is 20.6. The summed E-state index contributed by atoms with van der Waals surface area (Å²) in [5.74, 6) is 0.350. The van der Waals surface area contributed by atoms with E-state index in [1.807, 2.05) is 35.2 Å². The molecule has 0 saturated carbocycles. The number of amides is 3. The van der Waals surface area contributed by atoms with Crippen LogP contribution in [0.5, 0.6) is 0 Å². The lowest BCUT2D eigenvalue weighted by Gasteiger charge is -2.36. The summed E-state index contributed by atoms with van der Waals surface area (Å²) < 4.78 is 5.54. The van der Waals surface area contributed by atoms with Crippen molar-refractivity contribution in [3.63, 3.8) is 0 Å². The third-order valence-electron chi connectivity index (χ3n) is 4.93. The minimum absolute atomic E-state index is 0.0896. The highest BCUT2D eigenvalue weighted by atomic mass is 16.5. The van der Waals surface area contributed by atoms with Crippen LogP contribution in [0, 0.1) is 5.92 Å². The smallest absolute Gasteiger partial charge is 0.322 e. The van der Waals surface area contributed by atoms with Gasteiger partial charge in [0.25, 0.3) is 5.91 Å². The first-order chi connectivity index (χ1) is 14.0. The first-order valence-electron chi connectivity index (χ1n) is 10.1. The number of nitrogens with zero attached hydrogens (tertiary/aromatic N) is 1. The van der Waals surface area contributed by atoms with E-state index < -0.39 is 0 Å². The van der Waals surface area contributed by atoms with E-state index in [0.717, 1.165) is 12.0 Å². The number of ether oxygens (including phenoxy) is 1. The van der Waals surface area contributed by atoms with Gasteiger partial charge in [-0.15, -0.1) is 0 Å². The van der Waals surface area contributed by atoms with Gasteiger partial charge in [0.2, 0.25) is 0 Å². The van der Waals surface area contributed by atoms with Crippen molar-refractivity contribution in [2.45, 2.75) is 32.9 Å². The normalized spacial score (nSPS) is 16.5. The van der Waals surface area contributed by atoms with Crippen LogP contribution in [0.2, 0.25) is 0 Å². The molecule has 0 bridgehead atoms. The van der Waals surface area contributed by atoms with E-state index in [2.05, 4.69) is 24.5 Å². The Morgan fingerprint density at radius 2 is 1.83 bits per heavy atom. The van der Waals surface area contributed by atoms with Crippen LogP contribution in [0.25, 0.3) is 0 Å². The monoisotopic (exact) mass is 395 g/mol. The second-order valence-corrected chi connectivity index (χ2v) is 7.73. The van der Waals surface area contributed by atoms with Gasteiger partial charge in [-0.3, -0.25) is 4.79 Å². The molecule has 2 aromatic rings. The topological polar surface area (TPSA) is 70.7 Å². The third kappa shape index (κ3) is 6.06. The molecule has 0 aliphatic carbocycles. The number of nitrogens with one attached hydrogen (secondary N) is 2. The van der Waals surface area contributed by atoms with Crippen molar-refractivity contribution in [2.75, 3.05) is 25.1 Å². The van der Waals surface area contributed by atoms with Gasteiger partial charge in [0.05, 0.1) is 19.3 Å². The lowest BCUT2D eigenvalue weighted by atomic mass is 10.0. The SMILES string of the molecule is CC(C)C[C@H]1COCCN1C(=O)Nc1ccc(C(=O)NCc2ccccc2)cc1. The summed E-state index contributed by atoms with van der Waals surface area (Å²) in [7, 11) is 0. The Bertz CT molecular complexity index is 806. The second kappa shape index (κ2) is 10.1. The maximum Gasteiger partial charge on any atom is 0.322 e. The highest BCUT2D eigenvalue weighted by molar-refractivity contribution is 5.95. The Hall–Kier alpha value is -2.86. The van der Waals surface area contributed by atoms with Gasteiger partial charge in [-0.25, -0.2) is 4.79 Å². The van der Waals surface area contributed by atoms with Crippen molar-refractivity contribution >= 4 is 17.6 Å². The lowest BCUT2D eigenvalue weighted by Crippen LogP contribution is -2.50. The van der Waals surface area contributed by atoms with E-state index >= 15 is 0 Å². The summed E-state index contributed by atoms with van der Waals surface area (Å²) in [6.45, 7) is 6.49. The van der Waals surface area contributed by atoms with Crippen molar-refractivity contribution in [3.05, 3.63) is 65.7 Å². The van der Waals surface area contributed by atoms with Crippen LogP contribution < -0.4 is 10.6 Å². The number of carbonyl (C=O) groups excluding carboxylic acids is 2. The Labute approximate surface area is 172 Å². The number of carbonyl (C=O) groups is 2. The summed E-state index contributed by atoms with van der Waals surface area (Å²) in [5.41, 5.74) is 2.28. The summed E-state index contributed by atoms with van der Waals surface area (Å²) in [5, 5.41) is 5.84. The zero-order valence-corrected chi connectivity index (χ0v) is 17.1. The molecule has 6 nitrogen and oxygen atoms in total. The molecule has 1 aliphatic rings. The van der Waals surface area contributed by atoms with Crippen LogP contribution in [-0.2, 0) is 11.3 Å². The number of anilines is 1.